The van der Waals surface area contributed by atoms with Crippen LogP contribution in [0.1, 0.15) is 0 Å². The summed E-state index contributed by atoms with van der Waals surface area (Å²) in [6.45, 7) is 0. The van der Waals surface area contributed by atoms with Crippen molar-refractivity contribution >= 4 is 49.4 Å². The molecular weight excluding hydrogens is 591 g/mol. The number of fused-ring (bicyclic) bond motifs is 5. The third-order valence-electron chi connectivity index (χ3n) is 9.63. The van der Waals surface area contributed by atoms with Gasteiger partial charge in [0.15, 0.2) is 0 Å². The Balaban J connectivity index is 1.16. The van der Waals surface area contributed by atoms with Crippen molar-refractivity contribution in [2.45, 2.75) is 0 Å². The van der Waals surface area contributed by atoms with Crippen molar-refractivity contribution in [1.82, 2.24) is 0 Å². The van der Waals surface area contributed by atoms with Gasteiger partial charge in [-0.2, -0.15) is 0 Å². The number of anilines is 3. The van der Waals surface area contributed by atoms with E-state index in [9.17, 15) is 0 Å². The fourth-order valence-corrected chi connectivity index (χ4v) is 7.14. The van der Waals surface area contributed by atoms with Crippen LogP contribution in [0.5, 0.6) is 0 Å². The first kappa shape index (κ1) is 28.8. The monoisotopic (exact) mass is 623 g/mol. The Morgan fingerprint density at radius 2 is 0.694 bits per heavy atom. The van der Waals surface area contributed by atoms with Crippen molar-refractivity contribution in [2.24, 2.45) is 0 Å². The van der Waals surface area contributed by atoms with E-state index in [1.54, 1.807) is 0 Å². The summed E-state index contributed by atoms with van der Waals surface area (Å²) in [5.74, 6) is 0. The van der Waals surface area contributed by atoms with Crippen LogP contribution in [0.25, 0.3) is 65.7 Å². The minimum absolute atomic E-state index is 1.11. The number of hydrogen-bond donors (Lipinski definition) is 0. The van der Waals surface area contributed by atoms with Gasteiger partial charge in [-0.05, 0) is 108 Å². The fourth-order valence-electron chi connectivity index (χ4n) is 7.14. The lowest BCUT2D eigenvalue weighted by Gasteiger charge is -2.26. The van der Waals surface area contributed by atoms with E-state index in [4.69, 9.17) is 0 Å². The molecule has 230 valence electrons. The van der Waals surface area contributed by atoms with E-state index in [2.05, 4.69) is 205 Å². The average Bonchev–Trinajstić information content (AvgIpc) is 3.19. The summed E-state index contributed by atoms with van der Waals surface area (Å²) < 4.78 is 0. The van der Waals surface area contributed by atoms with Gasteiger partial charge >= 0.3 is 0 Å². The van der Waals surface area contributed by atoms with Crippen molar-refractivity contribution in [1.29, 1.82) is 0 Å². The molecule has 49 heavy (non-hydrogen) atoms. The normalized spacial score (nSPS) is 11.3. The predicted molar refractivity (Wildman–Crippen MR) is 210 cm³/mol. The Hall–Kier alpha value is -6.44. The van der Waals surface area contributed by atoms with E-state index in [1.807, 2.05) is 0 Å². The molecule has 9 aromatic carbocycles. The summed E-state index contributed by atoms with van der Waals surface area (Å²) in [4.78, 5) is 2.36. The van der Waals surface area contributed by atoms with Crippen LogP contribution < -0.4 is 4.90 Å². The molecule has 0 saturated heterocycles. The van der Waals surface area contributed by atoms with E-state index in [-0.39, 0.29) is 0 Å². The Morgan fingerprint density at radius 3 is 1.33 bits per heavy atom. The largest absolute Gasteiger partial charge is 0.310 e. The molecule has 0 aliphatic rings. The number of rotatable bonds is 6. The lowest BCUT2D eigenvalue weighted by Crippen LogP contribution is -2.10. The highest BCUT2D eigenvalue weighted by Gasteiger charge is 2.15. The average molecular weight is 624 g/mol. The summed E-state index contributed by atoms with van der Waals surface area (Å²) >= 11 is 0. The van der Waals surface area contributed by atoms with Crippen LogP contribution in [0.2, 0.25) is 0 Å². The van der Waals surface area contributed by atoms with Crippen molar-refractivity contribution in [3.8, 4) is 33.4 Å². The molecule has 0 atom stereocenters. The molecule has 0 amide bonds. The molecule has 0 fully saturated rings. The van der Waals surface area contributed by atoms with Crippen LogP contribution in [0.3, 0.4) is 0 Å². The van der Waals surface area contributed by atoms with Crippen LogP contribution in [-0.2, 0) is 0 Å². The first-order valence-corrected chi connectivity index (χ1v) is 16.8. The molecule has 0 spiro atoms. The molecule has 0 radical (unpaired) electrons. The lowest BCUT2D eigenvalue weighted by atomic mass is 9.94. The summed E-state index contributed by atoms with van der Waals surface area (Å²) in [7, 11) is 0. The SMILES string of the molecule is c1ccc(-c2ccc(N(c3ccc(-c4ccccc4)cc3)c3cccc(-c4ccc5ccc6ccc7ccccc7c6c5c4)c3)cc2)cc1. The molecule has 0 aromatic heterocycles. The van der Waals surface area contributed by atoms with E-state index in [1.165, 1.54) is 65.7 Å². The Kier molecular flexibility index (Phi) is 7.22. The summed E-state index contributed by atoms with van der Waals surface area (Å²) in [5.41, 5.74) is 10.6. The zero-order chi connectivity index (χ0) is 32.6. The van der Waals surface area contributed by atoms with Gasteiger partial charge in [-0.25, -0.2) is 0 Å². The molecule has 0 unspecified atom stereocenters. The van der Waals surface area contributed by atoms with Crippen LogP contribution in [0.15, 0.2) is 200 Å². The van der Waals surface area contributed by atoms with Gasteiger partial charge in [-0.3, -0.25) is 0 Å². The molecule has 1 heteroatoms. The van der Waals surface area contributed by atoms with Crippen molar-refractivity contribution in [3.05, 3.63) is 200 Å². The first-order chi connectivity index (χ1) is 24.3. The van der Waals surface area contributed by atoms with Gasteiger partial charge in [0.1, 0.15) is 0 Å². The summed E-state index contributed by atoms with van der Waals surface area (Å²) in [6.07, 6.45) is 0. The molecule has 9 rings (SSSR count). The van der Waals surface area contributed by atoms with Gasteiger partial charge in [0.05, 0.1) is 0 Å². The van der Waals surface area contributed by atoms with Gasteiger partial charge in [0.2, 0.25) is 0 Å². The first-order valence-electron chi connectivity index (χ1n) is 16.8. The Labute approximate surface area is 287 Å². The maximum absolute atomic E-state index is 2.37. The van der Waals surface area contributed by atoms with Crippen LogP contribution >= 0.6 is 0 Å². The molecule has 9 aromatic rings. The minimum atomic E-state index is 1.11. The van der Waals surface area contributed by atoms with Gasteiger partial charge in [-0.15, -0.1) is 0 Å². The van der Waals surface area contributed by atoms with E-state index in [0.29, 0.717) is 0 Å². The van der Waals surface area contributed by atoms with Crippen molar-refractivity contribution in [3.63, 3.8) is 0 Å². The van der Waals surface area contributed by atoms with Gasteiger partial charge in [0.25, 0.3) is 0 Å². The Bertz CT molecular complexity index is 2480. The second kappa shape index (κ2) is 12.3. The zero-order valence-corrected chi connectivity index (χ0v) is 27.0. The number of benzene rings is 9. The minimum Gasteiger partial charge on any atom is -0.310 e. The quantitative estimate of drug-likeness (QED) is 0.167. The maximum Gasteiger partial charge on any atom is 0.0467 e. The van der Waals surface area contributed by atoms with Crippen molar-refractivity contribution in [2.75, 3.05) is 4.90 Å². The van der Waals surface area contributed by atoms with E-state index in [0.717, 1.165) is 17.1 Å². The third-order valence-corrected chi connectivity index (χ3v) is 9.63. The van der Waals surface area contributed by atoms with Gasteiger partial charge in [-0.1, -0.05) is 158 Å². The zero-order valence-electron chi connectivity index (χ0n) is 27.0. The van der Waals surface area contributed by atoms with E-state index >= 15 is 0 Å². The second-order valence-corrected chi connectivity index (χ2v) is 12.6. The molecule has 0 heterocycles. The topological polar surface area (TPSA) is 3.24 Å². The van der Waals surface area contributed by atoms with Gasteiger partial charge in [0, 0.05) is 17.1 Å². The molecule has 0 N–H and O–H groups in total. The van der Waals surface area contributed by atoms with Gasteiger partial charge < -0.3 is 4.90 Å². The summed E-state index contributed by atoms with van der Waals surface area (Å²) in [6, 6.07) is 72.4. The highest BCUT2D eigenvalue weighted by atomic mass is 15.1. The maximum atomic E-state index is 2.37. The lowest BCUT2D eigenvalue weighted by molar-refractivity contribution is 1.28. The second-order valence-electron chi connectivity index (χ2n) is 12.6. The molecule has 0 aliphatic heterocycles. The highest BCUT2D eigenvalue weighted by Crippen LogP contribution is 2.40. The molecule has 1 nitrogen and oxygen atoms in total. The van der Waals surface area contributed by atoms with Crippen LogP contribution in [0.4, 0.5) is 17.1 Å². The van der Waals surface area contributed by atoms with Crippen LogP contribution in [-0.4, -0.2) is 0 Å². The number of nitrogens with zero attached hydrogens (tertiary/aromatic N) is 1. The molecular formula is C48H33N. The standard InChI is InChI=1S/C48H33N/c1-3-10-34(11-4-1)36-24-28-43(29-25-36)49(44-30-26-37(27-31-44)35-12-5-2-6-13-35)45-16-9-15-41(32-45)42-23-20-39-19-22-40-21-18-38-14-7-8-17-46(38)48(40)47(39)33-42/h1-33H. The highest BCUT2D eigenvalue weighted by molar-refractivity contribution is 6.20. The smallest absolute Gasteiger partial charge is 0.0467 e. The summed E-state index contributed by atoms with van der Waals surface area (Å²) in [5, 5.41) is 7.67. The van der Waals surface area contributed by atoms with Crippen molar-refractivity contribution < 1.29 is 0 Å². The molecule has 0 aliphatic carbocycles. The molecule has 0 bridgehead atoms. The molecule has 0 saturated carbocycles. The third kappa shape index (κ3) is 5.42. The van der Waals surface area contributed by atoms with E-state index < -0.39 is 0 Å². The van der Waals surface area contributed by atoms with Crippen LogP contribution in [0, 0.1) is 0 Å². The number of hydrogen-bond acceptors (Lipinski definition) is 1. The Morgan fingerprint density at radius 1 is 0.245 bits per heavy atom. The fraction of sp³-hybridized carbons (Fsp3) is 0. The predicted octanol–water partition coefficient (Wildman–Crippen LogP) is 13.6.